The van der Waals surface area contributed by atoms with Crippen LogP contribution < -0.4 is 15.4 Å². The predicted molar refractivity (Wildman–Crippen MR) is 108 cm³/mol. The highest BCUT2D eigenvalue weighted by Crippen LogP contribution is 2.16. The van der Waals surface area contributed by atoms with E-state index in [1.807, 2.05) is 59.5 Å². The molecule has 3 aromatic rings. The summed E-state index contributed by atoms with van der Waals surface area (Å²) in [6.07, 6.45) is 3.93. The Balaban J connectivity index is 1.51. The molecule has 0 aliphatic heterocycles. The average molecular weight is 363 g/mol. The van der Waals surface area contributed by atoms with E-state index in [2.05, 4.69) is 32.9 Å². The van der Waals surface area contributed by atoms with Crippen molar-refractivity contribution >= 4 is 5.96 Å². The third kappa shape index (κ3) is 5.34. The molecule has 1 heterocycles. The molecule has 0 saturated heterocycles. The van der Waals surface area contributed by atoms with Crippen LogP contribution in [0.1, 0.15) is 16.7 Å². The van der Waals surface area contributed by atoms with Crippen LogP contribution in [0.5, 0.6) is 5.75 Å². The normalized spacial score (nSPS) is 11.3. The number of hydrogen-bond donors (Lipinski definition) is 2. The summed E-state index contributed by atoms with van der Waals surface area (Å²) in [5.74, 6) is 1.60. The summed E-state index contributed by atoms with van der Waals surface area (Å²) in [7, 11) is 3.44. The zero-order valence-electron chi connectivity index (χ0n) is 15.7. The topological polar surface area (TPSA) is 63.5 Å². The SMILES string of the molecule is CN=C(NCc1cnn(Cc2ccccc2)c1)NCc1ccccc1OC. The van der Waals surface area contributed by atoms with Gasteiger partial charge in [-0.25, -0.2) is 0 Å². The van der Waals surface area contributed by atoms with Crippen molar-refractivity contribution in [2.45, 2.75) is 19.6 Å². The van der Waals surface area contributed by atoms with Crippen LogP contribution in [0.15, 0.2) is 72.0 Å². The van der Waals surface area contributed by atoms with Gasteiger partial charge in [-0.3, -0.25) is 9.67 Å². The Hall–Kier alpha value is -3.28. The maximum absolute atomic E-state index is 5.38. The molecule has 6 nitrogen and oxygen atoms in total. The van der Waals surface area contributed by atoms with Gasteiger partial charge in [0.05, 0.1) is 19.9 Å². The van der Waals surface area contributed by atoms with Gasteiger partial charge in [0.15, 0.2) is 5.96 Å². The van der Waals surface area contributed by atoms with E-state index in [9.17, 15) is 0 Å². The molecule has 0 saturated carbocycles. The fraction of sp³-hybridized carbons (Fsp3) is 0.238. The molecule has 2 N–H and O–H groups in total. The molecule has 0 atom stereocenters. The molecule has 0 fully saturated rings. The van der Waals surface area contributed by atoms with Crippen LogP contribution in [-0.4, -0.2) is 29.9 Å². The number of ether oxygens (including phenoxy) is 1. The Morgan fingerprint density at radius 3 is 2.52 bits per heavy atom. The van der Waals surface area contributed by atoms with Crippen LogP contribution in [0.4, 0.5) is 0 Å². The van der Waals surface area contributed by atoms with Gasteiger partial charge in [0.25, 0.3) is 0 Å². The van der Waals surface area contributed by atoms with E-state index in [0.717, 1.165) is 29.4 Å². The van der Waals surface area contributed by atoms with Crippen molar-refractivity contribution in [3.05, 3.63) is 83.7 Å². The first-order valence-corrected chi connectivity index (χ1v) is 8.90. The van der Waals surface area contributed by atoms with Crippen molar-refractivity contribution in [2.24, 2.45) is 4.99 Å². The Morgan fingerprint density at radius 2 is 1.74 bits per heavy atom. The number of para-hydroxylation sites is 1. The first-order chi connectivity index (χ1) is 13.3. The number of nitrogens with zero attached hydrogens (tertiary/aromatic N) is 3. The minimum Gasteiger partial charge on any atom is -0.496 e. The first-order valence-electron chi connectivity index (χ1n) is 8.90. The van der Waals surface area contributed by atoms with Gasteiger partial charge in [0.2, 0.25) is 0 Å². The van der Waals surface area contributed by atoms with E-state index < -0.39 is 0 Å². The van der Waals surface area contributed by atoms with Crippen LogP contribution in [0.3, 0.4) is 0 Å². The Bertz CT molecular complexity index is 873. The Labute approximate surface area is 159 Å². The quantitative estimate of drug-likeness (QED) is 0.500. The largest absolute Gasteiger partial charge is 0.496 e. The van der Waals surface area contributed by atoms with Crippen molar-refractivity contribution in [3.8, 4) is 5.75 Å². The average Bonchev–Trinajstić information content (AvgIpc) is 3.16. The summed E-state index contributed by atoms with van der Waals surface area (Å²) in [6, 6.07) is 18.2. The summed E-state index contributed by atoms with van der Waals surface area (Å²) < 4.78 is 7.32. The lowest BCUT2D eigenvalue weighted by molar-refractivity contribution is 0.409. The minimum atomic E-state index is 0.636. The minimum absolute atomic E-state index is 0.636. The van der Waals surface area contributed by atoms with E-state index in [0.29, 0.717) is 13.1 Å². The fourth-order valence-electron chi connectivity index (χ4n) is 2.79. The molecule has 27 heavy (non-hydrogen) atoms. The van der Waals surface area contributed by atoms with Gasteiger partial charge < -0.3 is 15.4 Å². The summed E-state index contributed by atoms with van der Waals surface area (Å²) >= 11 is 0. The van der Waals surface area contributed by atoms with E-state index in [4.69, 9.17) is 4.74 Å². The van der Waals surface area contributed by atoms with Crippen LogP contribution in [0.2, 0.25) is 0 Å². The number of aromatic nitrogens is 2. The highest BCUT2D eigenvalue weighted by molar-refractivity contribution is 5.79. The zero-order valence-corrected chi connectivity index (χ0v) is 15.7. The lowest BCUT2D eigenvalue weighted by Crippen LogP contribution is -2.36. The van der Waals surface area contributed by atoms with E-state index in [1.54, 1.807) is 14.2 Å². The van der Waals surface area contributed by atoms with Crippen molar-refractivity contribution in [3.63, 3.8) is 0 Å². The van der Waals surface area contributed by atoms with E-state index in [1.165, 1.54) is 5.56 Å². The molecule has 6 heteroatoms. The fourth-order valence-corrected chi connectivity index (χ4v) is 2.79. The molecule has 3 rings (SSSR count). The molecule has 0 aliphatic rings. The highest BCUT2D eigenvalue weighted by atomic mass is 16.5. The van der Waals surface area contributed by atoms with Gasteiger partial charge in [0.1, 0.15) is 5.75 Å². The smallest absolute Gasteiger partial charge is 0.191 e. The molecule has 0 bridgehead atoms. The van der Waals surface area contributed by atoms with Crippen LogP contribution in [0.25, 0.3) is 0 Å². The van der Waals surface area contributed by atoms with Gasteiger partial charge in [-0.05, 0) is 11.6 Å². The maximum atomic E-state index is 5.38. The van der Waals surface area contributed by atoms with Crippen molar-refractivity contribution < 1.29 is 4.74 Å². The zero-order chi connectivity index (χ0) is 18.9. The summed E-state index contributed by atoms with van der Waals surface area (Å²) in [4.78, 5) is 4.27. The van der Waals surface area contributed by atoms with Crippen molar-refractivity contribution in [1.82, 2.24) is 20.4 Å². The molecule has 0 spiro atoms. The van der Waals surface area contributed by atoms with Gasteiger partial charge in [-0.15, -0.1) is 0 Å². The lowest BCUT2D eigenvalue weighted by atomic mass is 10.2. The molecule has 0 unspecified atom stereocenters. The van der Waals surface area contributed by atoms with Crippen LogP contribution in [0, 0.1) is 0 Å². The number of nitrogens with one attached hydrogen (secondary N) is 2. The second-order valence-electron chi connectivity index (χ2n) is 6.12. The first kappa shape index (κ1) is 18.5. The van der Waals surface area contributed by atoms with Gasteiger partial charge in [-0.1, -0.05) is 48.5 Å². The lowest BCUT2D eigenvalue weighted by Gasteiger charge is -2.13. The molecule has 0 radical (unpaired) electrons. The highest BCUT2D eigenvalue weighted by Gasteiger charge is 2.05. The molecule has 140 valence electrons. The number of guanidine groups is 1. The van der Waals surface area contributed by atoms with Gasteiger partial charge in [0, 0.05) is 37.5 Å². The number of aliphatic imine (C=N–C) groups is 1. The van der Waals surface area contributed by atoms with Crippen molar-refractivity contribution in [2.75, 3.05) is 14.2 Å². The van der Waals surface area contributed by atoms with E-state index >= 15 is 0 Å². The second kappa shape index (κ2) is 9.43. The van der Waals surface area contributed by atoms with E-state index in [-0.39, 0.29) is 0 Å². The Kier molecular flexibility index (Phi) is 6.46. The molecule has 1 aromatic heterocycles. The third-order valence-electron chi connectivity index (χ3n) is 4.20. The number of rotatable bonds is 7. The molecular weight excluding hydrogens is 338 g/mol. The molecule has 2 aromatic carbocycles. The third-order valence-corrected chi connectivity index (χ3v) is 4.20. The predicted octanol–water partition coefficient (Wildman–Crippen LogP) is 2.81. The number of hydrogen-bond acceptors (Lipinski definition) is 3. The second-order valence-corrected chi connectivity index (χ2v) is 6.12. The van der Waals surface area contributed by atoms with Gasteiger partial charge in [-0.2, -0.15) is 5.10 Å². The summed E-state index contributed by atoms with van der Waals surface area (Å²) in [5.41, 5.74) is 3.42. The van der Waals surface area contributed by atoms with Crippen LogP contribution >= 0.6 is 0 Å². The summed E-state index contributed by atoms with van der Waals surface area (Å²) in [6.45, 7) is 2.05. The molecule has 0 amide bonds. The van der Waals surface area contributed by atoms with Crippen molar-refractivity contribution in [1.29, 1.82) is 0 Å². The number of methoxy groups -OCH3 is 1. The maximum Gasteiger partial charge on any atom is 0.191 e. The monoisotopic (exact) mass is 363 g/mol. The molecule has 0 aliphatic carbocycles. The molecular formula is C21H25N5O. The summed E-state index contributed by atoms with van der Waals surface area (Å²) in [5, 5.41) is 11.1. The van der Waals surface area contributed by atoms with Gasteiger partial charge >= 0.3 is 0 Å². The Morgan fingerprint density at radius 1 is 1.00 bits per heavy atom. The van der Waals surface area contributed by atoms with Crippen LogP contribution in [-0.2, 0) is 19.6 Å². The number of benzene rings is 2. The standard InChI is InChI=1S/C21H25N5O/c1-22-21(24-14-19-10-6-7-11-20(19)27-2)23-12-18-13-25-26(16-18)15-17-8-4-3-5-9-17/h3-11,13,16H,12,14-15H2,1-2H3,(H2,22,23,24).